The number of nitro groups is 1. The molecule has 2 amide bonds. The minimum absolute atomic E-state index is 0.0621. The number of nitrogens with zero attached hydrogens (tertiary/aromatic N) is 4. The fourth-order valence-corrected chi connectivity index (χ4v) is 4.87. The molecule has 0 saturated heterocycles. The molecule has 1 aromatic heterocycles. The summed E-state index contributed by atoms with van der Waals surface area (Å²) in [5, 5.41) is 25.0. The number of halogens is 3. The Kier molecular flexibility index (Phi) is 8.95. The first-order valence-corrected chi connectivity index (χ1v) is 13.5. The number of aryl methyl sites for hydroxylation is 2. The minimum Gasteiger partial charge on any atom is -0.345 e. The Morgan fingerprint density at radius 2 is 1.76 bits per heavy atom. The summed E-state index contributed by atoms with van der Waals surface area (Å²) >= 11 is 0.960. The topological polar surface area (TPSA) is 132 Å². The molecule has 0 saturated carbocycles. The van der Waals surface area contributed by atoms with Crippen molar-refractivity contribution in [2.24, 2.45) is 0 Å². The molecule has 0 aliphatic carbocycles. The average molecular weight is 599 g/mol. The molecule has 0 atom stereocenters. The van der Waals surface area contributed by atoms with Gasteiger partial charge in [-0.1, -0.05) is 36.0 Å². The van der Waals surface area contributed by atoms with E-state index >= 15 is 0 Å². The van der Waals surface area contributed by atoms with Gasteiger partial charge in [-0.3, -0.25) is 24.3 Å². The predicted octanol–water partition coefficient (Wildman–Crippen LogP) is 5.78. The maximum Gasteiger partial charge on any atom is 0.416 e. The van der Waals surface area contributed by atoms with Crippen molar-refractivity contribution in [3.8, 4) is 5.69 Å². The third kappa shape index (κ3) is 6.94. The number of nitrogens with one attached hydrogen (secondary N) is 2. The molecule has 1 heterocycles. The van der Waals surface area contributed by atoms with Crippen LogP contribution in [-0.4, -0.2) is 37.3 Å². The first kappa shape index (κ1) is 30.2. The van der Waals surface area contributed by atoms with Gasteiger partial charge in [0, 0.05) is 22.9 Å². The lowest BCUT2D eigenvalue weighted by Gasteiger charge is -2.14. The molecule has 3 aromatic carbocycles. The van der Waals surface area contributed by atoms with E-state index in [0.29, 0.717) is 5.69 Å². The van der Waals surface area contributed by atoms with Crippen LogP contribution in [0.4, 0.5) is 24.5 Å². The summed E-state index contributed by atoms with van der Waals surface area (Å²) in [5.41, 5.74) is 1.62. The smallest absolute Gasteiger partial charge is 0.345 e. The van der Waals surface area contributed by atoms with Gasteiger partial charge in [0.1, 0.15) is 0 Å². The van der Waals surface area contributed by atoms with Crippen LogP contribution in [0.2, 0.25) is 0 Å². The Morgan fingerprint density at radius 3 is 2.48 bits per heavy atom. The third-order valence-electron chi connectivity index (χ3n) is 6.29. The molecule has 0 bridgehead atoms. The second-order valence-corrected chi connectivity index (χ2v) is 10.3. The molecular weight excluding hydrogens is 573 g/mol. The van der Waals surface area contributed by atoms with E-state index in [4.69, 9.17) is 0 Å². The molecule has 0 unspecified atom stereocenters. The highest BCUT2D eigenvalue weighted by atomic mass is 32.2. The summed E-state index contributed by atoms with van der Waals surface area (Å²) in [4.78, 5) is 36.3. The number of carbonyl (C=O) groups is 2. The highest BCUT2D eigenvalue weighted by Gasteiger charge is 2.31. The molecule has 0 aliphatic heterocycles. The van der Waals surface area contributed by atoms with Crippen molar-refractivity contribution in [1.29, 1.82) is 0 Å². The molecule has 2 N–H and O–H groups in total. The number of alkyl halides is 3. The zero-order valence-electron chi connectivity index (χ0n) is 22.7. The number of rotatable bonds is 9. The number of carbonyl (C=O) groups excluding carboxylic acids is 2. The van der Waals surface area contributed by atoms with Crippen LogP contribution >= 0.6 is 11.8 Å². The Labute approximate surface area is 242 Å². The second kappa shape index (κ2) is 12.4. The Bertz CT molecular complexity index is 1670. The molecular formula is C28H25F3N6O4S. The number of thioether (sulfide) groups is 1. The van der Waals surface area contributed by atoms with Crippen LogP contribution in [0.1, 0.15) is 38.4 Å². The summed E-state index contributed by atoms with van der Waals surface area (Å²) in [5.74, 6) is -1.03. The van der Waals surface area contributed by atoms with Gasteiger partial charge in [-0.25, -0.2) is 0 Å². The number of benzene rings is 3. The normalized spacial score (nSPS) is 11.3. The molecule has 0 fully saturated rings. The fraction of sp³-hybridized carbons (Fsp3) is 0.214. The van der Waals surface area contributed by atoms with Crippen LogP contribution in [0.25, 0.3) is 5.69 Å². The number of nitro benzene ring substituents is 1. The van der Waals surface area contributed by atoms with Crippen LogP contribution < -0.4 is 10.6 Å². The van der Waals surface area contributed by atoms with E-state index in [1.54, 1.807) is 0 Å². The largest absolute Gasteiger partial charge is 0.416 e. The highest BCUT2D eigenvalue weighted by molar-refractivity contribution is 7.99. The quantitative estimate of drug-likeness (QED) is 0.142. The number of hydrogen-bond acceptors (Lipinski definition) is 7. The first-order valence-electron chi connectivity index (χ1n) is 12.5. The SMILES string of the molecule is Cc1ccc(C)c(NC(=O)CSc2nnc(CNC(=O)c3cccc([N+](=O)[O-])c3C)n2-c2cccc(C(F)(F)F)c2)c1. The Morgan fingerprint density at radius 1 is 1.02 bits per heavy atom. The Balaban J connectivity index is 1.60. The van der Waals surface area contributed by atoms with E-state index in [2.05, 4.69) is 20.8 Å². The second-order valence-electron chi connectivity index (χ2n) is 9.33. The lowest BCUT2D eigenvalue weighted by Crippen LogP contribution is -2.25. The molecule has 0 aliphatic rings. The molecule has 4 aromatic rings. The molecule has 14 heteroatoms. The predicted molar refractivity (Wildman–Crippen MR) is 151 cm³/mol. The van der Waals surface area contributed by atoms with E-state index < -0.39 is 22.6 Å². The van der Waals surface area contributed by atoms with E-state index in [0.717, 1.165) is 35.0 Å². The summed E-state index contributed by atoms with van der Waals surface area (Å²) in [7, 11) is 0. The summed E-state index contributed by atoms with van der Waals surface area (Å²) in [6.45, 7) is 4.92. The van der Waals surface area contributed by atoms with Crippen molar-refractivity contribution in [2.75, 3.05) is 11.1 Å². The highest BCUT2D eigenvalue weighted by Crippen LogP contribution is 2.32. The van der Waals surface area contributed by atoms with Gasteiger partial charge in [0.15, 0.2) is 11.0 Å². The monoisotopic (exact) mass is 598 g/mol. The lowest BCUT2D eigenvalue weighted by molar-refractivity contribution is -0.385. The van der Waals surface area contributed by atoms with E-state index in [9.17, 15) is 32.9 Å². The van der Waals surface area contributed by atoms with Crippen LogP contribution in [-0.2, 0) is 17.5 Å². The number of hydrogen-bond donors (Lipinski definition) is 2. The molecule has 10 nitrogen and oxygen atoms in total. The summed E-state index contributed by atoms with van der Waals surface area (Å²) in [6, 6.07) is 14.2. The van der Waals surface area contributed by atoms with Gasteiger partial charge in [0.25, 0.3) is 11.6 Å². The average Bonchev–Trinajstić information content (AvgIpc) is 3.35. The number of anilines is 1. The van der Waals surface area contributed by atoms with Crippen LogP contribution in [0, 0.1) is 30.9 Å². The number of amides is 2. The van der Waals surface area contributed by atoms with Gasteiger partial charge < -0.3 is 10.6 Å². The minimum atomic E-state index is -4.61. The zero-order valence-corrected chi connectivity index (χ0v) is 23.5. The van der Waals surface area contributed by atoms with Crippen molar-refractivity contribution in [3.63, 3.8) is 0 Å². The zero-order chi connectivity index (χ0) is 30.6. The van der Waals surface area contributed by atoms with Crippen molar-refractivity contribution in [2.45, 2.75) is 38.6 Å². The maximum absolute atomic E-state index is 13.5. The molecule has 0 spiro atoms. The summed E-state index contributed by atoms with van der Waals surface area (Å²) < 4.78 is 41.8. The van der Waals surface area contributed by atoms with Gasteiger partial charge in [-0.2, -0.15) is 13.2 Å². The van der Waals surface area contributed by atoms with Gasteiger partial charge in [0.2, 0.25) is 5.91 Å². The van der Waals surface area contributed by atoms with Crippen molar-refractivity contribution < 1.29 is 27.7 Å². The molecule has 218 valence electrons. The van der Waals surface area contributed by atoms with E-state index in [-0.39, 0.29) is 51.7 Å². The van der Waals surface area contributed by atoms with Crippen LogP contribution in [0.3, 0.4) is 0 Å². The van der Waals surface area contributed by atoms with E-state index in [1.807, 2.05) is 32.0 Å². The van der Waals surface area contributed by atoms with Gasteiger partial charge in [-0.05, 0) is 62.2 Å². The van der Waals surface area contributed by atoms with Crippen molar-refractivity contribution in [3.05, 3.63) is 104 Å². The lowest BCUT2D eigenvalue weighted by atomic mass is 10.1. The van der Waals surface area contributed by atoms with Gasteiger partial charge in [0.05, 0.1) is 28.5 Å². The standard InChI is InChI=1S/C28H25F3N6O4S/c1-16-10-11-17(2)22(12-16)33-25(38)15-42-27-35-34-24(36(27)20-7-4-6-19(13-20)28(29,30)31)14-32-26(39)21-8-5-9-23(18(21)3)37(40)41/h4-13H,14-15H2,1-3H3,(H,32,39)(H,33,38). The van der Waals surface area contributed by atoms with Gasteiger partial charge >= 0.3 is 6.18 Å². The van der Waals surface area contributed by atoms with Gasteiger partial charge in [-0.15, -0.1) is 10.2 Å². The Hall–Kier alpha value is -4.72. The fourth-order valence-electron chi connectivity index (χ4n) is 4.10. The van der Waals surface area contributed by atoms with Crippen LogP contribution in [0.5, 0.6) is 0 Å². The number of aromatic nitrogens is 3. The molecule has 42 heavy (non-hydrogen) atoms. The molecule has 0 radical (unpaired) electrons. The van der Waals surface area contributed by atoms with Crippen LogP contribution in [0.15, 0.2) is 65.8 Å². The summed E-state index contributed by atoms with van der Waals surface area (Å²) in [6.07, 6.45) is -4.61. The van der Waals surface area contributed by atoms with Crippen molar-refractivity contribution >= 4 is 35.0 Å². The van der Waals surface area contributed by atoms with Crippen molar-refractivity contribution in [1.82, 2.24) is 20.1 Å². The molecule has 4 rings (SSSR count). The maximum atomic E-state index is 13.5. The van der Waals surface area contributed by atoms with E-state index in [1.165, 1.54) is 41.8 Å². The first-order chi connectivity index (χ1) is 19.8. The third-order valence-corrected chi connectivity index (χ3v) is 7.21.